The maximum Gasteiger partial charge on any atom is 0.110 e. The van der Waals surface area contributed by atoms with Crippen LogP contribution >= 0.6 is 11.3 Å². The smallest absolute Gasteiger partial charge is 0.110 e. The highest BCUT2D eigenvalue weighted by Crippen LogP contribution is 2.23. The lowest BCUT2D eigenvalue weighted by molar-refractivity contribution is 1.01. The second-order valence-corrected chi connectivity index (χ2v) is 3.28. The number of thiophene rings is 1. The Kier molecular flexibility index (Phi) is 2.25. The zero-order chi connectivity index (χ0) is 8.27. The largest absolute Gasteiger partial charge is 0.198 e. The van der Waals surface area contributed by atoms with Gasteiger partial charge in [-0.1, -0.05) is 0 Å². The highest BCUT2D eigenvalue weighted by atomic mass is 32.1. The van der Waals surface area contributed by atoms with Crippen molar-refractivity contribution in [3.8, 4) is 12.1 Å². The van der Waals surface area contributed by atoms with Gasteiger partial charge < -0.3 is 0 Å². The van der Waals surface area contributed by atoms with E-state index in [4.69, 9.17) is 10.5 Å². The summed E-state index contributed by atoms with van der Waals surface area (Å²) in [6, 6.07) is 7.73. The maximum absolute atomic E-state index is 8.54. The van der Waals surface area contributed by atoms with Gasteiger partial charge in [-0.25, -0.2) is 0 Å². The van der Waals surface area contributed by atoms with Gasteiger partial charge in [-0.05, 0) is 19.1 Å². The molecule has 1 atom stereocenters. The molecule has 1 aromatic rings. The molecule has 0 N–H and O–H groups in total. The predicted octanol–water partition coefficient (Wildman–Crippen LogP) is 2.25. The molecule has 0 amide bonds. The quantitative estimate of drug-likeness (QED) is 0.635. The van der Waals surface area contributed by atoms with Crippen LogP contribution in [0.3, 0.4) is 0 Å². The van der Waals surface area contributed by atoms with Gasteiger partial charge in [0.05, 0.1) is 12.0 Å². The van der Waals surface area contributed by atoms with Gasteiger partial charge >= 0.3 is 0 Å². The molecule has 1 unspecified atom stereocenters. The molecule has 1 rings (SSSR count). The van der Waals surface area contributed by atoms with Gasteiger partial charge in [-0.2, -0.15) is 10.5 Å². The van der Waals surface area contributed by atoms with E-state index < -0.39 is 0 Å². The summed E-state index contributed by atoms with van der Waals surface area (Å²) in [5.74, 6) is -0.0953. The van der Waals surface area contributed by atoms with Crippen molar-refractivity contribution >= 4 is 11.3 Å². The summed E-state index contributed by atoms with van der Waals surface area (Å²) in [6.45, 7) is 1.83. The monoisotopic (exact) mass is 162 g/mol. The van der Waals surface area contributed by atoms with E-state index in [1.165, 1.54) is 11.3 Å². The second kappa shape index (κ2) is 3.18. The molecule has 0 radical (unpaired) electrons. The van der Waals surface area contributed by atoms with Crippen LogP contribution in [0, 0.1) is 22.7 Å². The number of hydrogen-bond donors (Lipinski definition) is 0. The van der Waals surface area contributed by atoms with Gasteiger partial charge in [0.2, 0.25) is 0 Å². The van der Waals surface area contributed by atoms with Crippen molar-refractivity contribution in [1.29, 1.82) is 10.5 Å². The van der Waals surface area contributed by atoms with Gasteiger partial charge in [0.1, 0.15) is 10.9 Å². The van der Waals surface area contributed by atoms with Crippen LogP contribution < -0.4 is 0 Å². The molecule has 3 heteroatoms. The normalized spacial score (nSPS) is 11.5. The summed E-state index contributed by atoms with van der Waals surface area (Å²) in [4.78, 5) is 1.63. The fourth-order valence-electron chi connectivity index (χ4n) is 0.709. The van der Waals surface area contributed by atoms with Crippen LogP contribution in [-0.4, -0.2) is 0 Å². The summed E-state index contributed by atoms with van der Waals surface area (Å²) < 4.78 is 0. The van der Waals surface area contributed by atoms with Crippen molar-refractivity contribution in [2.75, 3.05) is 0 Å². The first-order chi connectivity index (χ1) is 5.27. The van der Waals surface area contributed by atoms with E-state index in [1.54, 1.807) is 6.07 Å². The Morgan fingerprint density at radius 2 is 2.18 bits per heavy atom. The van der Waals surface area contributed by atoms with Gasteiger partial charge in [-0.15, -0.1) is 11.3 Å². The molecule has 0 aliphatic heterocycles. The third-order valence-electron chi connectivity index (χ3n) is 1.36. The Bertz CT molecular complexity index is 327. The zero-order valence-electron chi connectivity index (χ0n) is 6.03. The third kappa shape index (κ3) is 1.58. The van der Waals surface area contributed by atoms with Crippen molar-refractivity contribution < 1.29 is 0 Å². The number of nitriles is 2. The highest BCUT2D eigenvalue weighted by Gasteiger charge is 2.06. The number of rotatable bonds is 1. The van der Waals surface area contributed by atoms with Gasteiger partial charge in [0.25, 0.3) is 0 Å². The topological polar surface area (TPSA) is 47.6 Å². The molecule has 0 saturated carbocycles. The Morgan fingerprint density at radius 3 is 2.64 bits per heavy atom. The molecule has 0 fully saturated rings. The lowest BCUT2D eigenvalue weighted by Gasteiger charge is -1.92. The average Bonchev–Trinajstić information content (AvgIpc) is 2.50. The molecular weight excluding hydrogens is 156 g/mol. The fourth-order valence-corrected chi connectivity index (χ4v) is 1.51. The molecule has 1 heterocycles. The number of hydrogen-bond acceptors (Lipinski definition) is 3. The van der Waals surface area contributed by atoms with Gasteiger partial charge in [-0.3, -0.25) is 0 Å². The standard InChI is InChI=1S/C8H6N2S/c1-6(4-9)8-3-2-7(5-10)11-8/h2-3,6H,1H3. The number of nitrogens with zero attached hydrogens (tertiary/aromatic N) is 2. The van der Waals surface area contributed by atoms with Crippen LogP contribution in [0.2, 0.25) is 0 Å². The SMILES string of the molecule is CC(C#N)c1ccc(C#N)s1. The van der Waals surface area contributed by atoms with Crippen LogP contribution in [0.25, 0.3) is 0 Å². The minimum absolute atomic E-state index is 0.0953. The van der Waals surface area contributed by atoms with E-state index in [0.717, 1.165) is 4.88 Å². The summed E-state index contributed by atoms with van der Waals surface area (Å²) in [5.41, 5.74) is 0. The fraction of sp³-hybridized carbons (Fsp3) is 0.250. The van der Waals surface area contributed by atoms with Crippen molar-refractivity contribution in [3.05, 3.63) is 21.9 Å². The summed E-state index contributed by atoms with van der Waals surface area (Å²) >= 11 is 1.38. The average molecular weight is 162 g/mol. The van der Waals surface area contributed by atoms with E-state index in [1.807, 2.05) is 19.1 Å². The molecule has 1 aromatic heterocycles. The lowest BCUT2D eigenvalue weighted by atomic mass is 10.2. The summed E-state index contributed by atoms with van der Waals surface area (Å²) in [7, 11) is 0. The molecule has 0 spiro atoms. The first kappa shape index (κ1) is 7.78. The maximum atomic E-state index is 8.54. The Morgan fingerprint density at radius 1 is 1.45 bits per heavy atom. The predicted molar refractivity (Wildman–Crippen MR) is 43.1 cm³/mol. The van der Waals surface area contributed by atoms with Crippen LogP contribution in [0.5, 0.6) is 0 Å². The minimum atomic E-state index is -0.0953. The van der Waals surface area contributed by atoms with Crippen molar-refractivity contribution in [2.24, 2.45) is 0 Å². The van der Waals surface area contributed by atoms with Crippen molar-refractivity contribution in [3.63, 3.8) is 0 Å². The van der Waals surface area contributed by atoms with Crippen LogP contribution in [0.15, 0.2) is 12.1 Å². The molecule has 0 aliphatic rings. The van der Waals surface area contributed by atoms with E-state index in [9.17, 15) is 0 Å². The van der Waals surface area contributed by atoms with Crippen LogP contribution in [-0.2, 0) is 0 Å². The highest BCUT2D eigenvalue weighted by molar-refractivity contribution is 7.12. The molecule has 54 valence electrons. The minimum Gasteiger partial charge on any atom is -0.198 e. The molecule has 0 bridgehead atoms. The Balaban J connectivity index is 2.93. The molecule has 0 saturated heterocycles. The first-order valence-electron chi connectivity index (χ1n) is 3.17. The van der Waals surface area contributed by atoms with E-state index >= 15 is 0 Å². The van der Waals surface area contributed by atoms with Crippen molar-refractivity contribution in [2.45, 2.75) is 12.8 Å². The van der Waals surface area contributed by atoms with Crippen LogP contribution in [0.4, 0.5) is 0 Å². The van der Waals surface area contributed by atoms with Crippen LogP contribution in [0.1, 0.15) is 22.6 Å². The molecule has 0 aliphatic carbocycles. The van der Waals surface area contributed by atoms with Crippen molar-refractivity contribution in [1.82, 2.24) is 0 Å². The van der Waals surface area contributed by atoms with Gasteiger partial charge in [0.15, 0.2) is 0 Å². The van der Waals surface area contributed by atoms with Gasteiger partial charge in [0, 0.05) is 4.88 Å². The van der Waals surface area contributed by atoms with E-state index in [-0.39, 0.29) is 5.92 Å². The van der Waals surface area contributed by atoms with E-state index in [2.05, 4.69) is 6.07 Å². The Labute approximate surface area is 69.3 Å². The lowest BCUT2D eigenvalue weighted by Crippen LogP contribution is -1.81. The zero-order valence-corrected chi connectivity index (χ0v) is 6.85. The third-order valence-corrected chi connectivity index (χ3v) is 2.53. The van der Waals surface area contributed by atoms with E-state index in [0.29, 0.717) is 4.88 Å². The summed E-state index contributed by atoms with van der Waals surface area (Å²) in [5, 5.41) is 17.0. The first-order valence-corrected chi connectivity index (χ1v) is 3.99. The molecule has 0 aromatic carbocycles. The Hall–Kier alpha value is -1.32. The molecular formula is C8H6N2S. The molecule has 11 heavy (non-hydrogen) atoms. The summed E-state index contributed by atoms with van der Waals surface area (Å²) in [6.07, 6.45) is 0. The second-order valence-electron chi connectivity index (χ2n) is 2.16. The molecule has 2 nitrogen and oxygen atoms in total.